The Morgan fingerprint density at radius 2 is 1.86 bits per heavy atom. The largest absolute Gasteiger partial charge is 0.0620 e. The Balaban J connectivity index is 1.91. The van der Waals surface area contributed by atoms with Gasteiger partial charge in [-0.1, -0.05) is 30.7 Å². The summed E-state index contributed by atoms with van der Waals surface area (Å²) < 4.78 is 0. The van der Waals surface area contributed by atoms with Gasteiger partial charge >= 0.3 is 0 Å². The minimum atomic E-state index is 0.763. The lowest BCUT2D eigenvalue weighted by Crippen LogP contribution is -2.28. The van der Waals surface area contributed by atoms with E-state index in [4.69, 9.17) is 0 Å². The lowest BCUT2D eigenvalue weighted by molar-refractivity contribution is 0.278. The van der Waals surface area contributed by atoms with Crippen molar-refractivity contribution >= 4 is 0 Å². The van der Waals surface area contributed by atoms with Crippen molar-refractivity contribution in [3.8, 4) is 0 Å². The van der Waals surface area contributed by atoms with Crippen LogP contribution in [0.3, 0.4) is 0 Å². The fourth-order valence-electron chi connectivity index (χ4n) is 2.98. The molecule has 2 aliphatic carbocycles. The average Bonchev–Trinajstić information content (AvgIpc) is 2.26. The Morgan fingerprint density at radius 1 is 1.07 bits per heavy atom. The highest BCUT2D eigenvalue weighted by Gasteiger charge is 2.30. The molecule has 1 fully saturated rings. The highest BCUT2D eigenvalue weighted by Crippen LogP contribution is 2.38. The van der Waals surface area contributed by atoms with Crippen LogP contribution < -0.4 is 0 Å². The van der Waals surface area contributed by atoms with Crippen molar-refractivity contribution in [2.24, 2.45) is 11.8 Å². The molecular weight excluding hydrogens is 168 g/mol. The van der Waals surface area contributed by atoms with Gasteiger partial charge in [-0.3, -0.25) is 0 Å². The Bertz CT molecular complexity index is 294. The first kappa shape index (κ1) is 8.52. The second kappa shape index (κ2) is 3.42. The topological polar surface area (TPSA) is 0 Å². The summed E-state index contributed by atoms with van der Waals surface area (Å²) in [5.41, 5.74) is 3.17. The van der Waals surface area contributed by atoms with E-state index in [2.05, 4.69) is 30.7 Å². The number of hydrogen-bond acceptors (Lipinski definition) is 0. The normalized spacial score (nSPS) is 30.6. The summed E-state index contributed by atoms with van der Waals surface area (Å²) in [6, 6.07) is 8.94. The van der Waals surface area contributed by atoms with E-state index < -0.39 is 0 Å². The molecule has 1 aromatic carbocycles. The van der Waals surface area contributed by atoms with Gasteiger partial charge in [0, 0.05) is 0 Å². The van der Waals surface area contributed by atoms with Crippen molar-refractivity contribution in [3.63, 3.8) is 0 Å². The third kappa shape index (κ3) is 1.37. The van der Waals surface area contributed by atoms with E-state index in [1.807, 2.05) is 0 Å². The average molecular weight is 184 g/mol. The number of rotatable bonds is 0. The molecule has 2 radical (unpaired) electrons. The number of hydrogen-bond donors (Lipinski definition) is 0. The highest BCUT2D eigenvalue weighted by atomic mass is 14.3. The molecule has 2 unspecified atom stereocenters. The highest BCUT2D eigenvalue weighted by molar-refractivity contribution is 5.31. The Kier molecular flexibility index (Phi) is 2.08. The molecule has 0 nitrogen and oxygen atoms in total. The van der Waals surface area contributed by atoms with Crippen LogP contribution in [0.4, 0.5) is 0 Å². The van der Waals surface area contributed by atoms with Crippen LogP contribution in [0.5, 0.6) is 0 Å². The summed E-state index contributed by atoms with van der Waals surface area (Å²) in [7, 11) is 0. The third-order valence-corrected chi connectivity index (χ3v) is 3.77. The second-order valence-electron chi connectivity index (χ2n) is 4.64. The van der Waals surface area contributed by atoms with Gasteiger partial charge in [0.1, 0.15) is 0 Å². The number of fused-ring (bicyclic) bond motifs is 2. The lowest BCUT2D eigenvalue weighted by atomic mass is 9.69. The van der Waals surface area contributed by atoms with Crippen molar-refractivity contribution in [2.75, 3.05) is 0 Å². The van der Waals surface area contributed by atoms with Gasteiger partial charge in [0.15, 0.2) is 0 Å². The molecule has 2 atom stereocenters. The summed E-state index contributed by atoms with van der Waals surface area (Å²) in [4.78, 5) is 0. The van der Waals surface area contributed by atoms with Crippen LogP contribution in [0.1, 0.15) is 30.4 Å². The first-order valence-corrected chi connectivity index (χ1v) is 5.73. The smallest absolute Gasteiger partial charge is 0.0133 e. The Hall–Kier alpha value is -0.780. The van der Waals surface area contributed by atoms with Gasteiger partial charge in [0.05, 0.1) is 0 Å². The molecule has 0 amide bonds. The van der Waals surface area contributed by atoms with Crippen molar-refractivity contribution in [2.45, 2.75) is 32.1 Å². The van der Waals surface area contributed by atoms with Crippen LogP contribution in [0.25, 0.3) is 0 Å². The van der Waals surface area contributed by atoms with Crippen LogP contribution >= 0.6 is 0 Å². The summed E-state index contributed by atoms with van der Waals surface area (Å²) >= 11 is 0. The number of benzene rings is 1. The van der Waals surface area contributed by atoms with Gasteiger partial charge in [0.2, 0.25) is 0 Å². The van der Waals surface area contributed by atoms with E-state index in [-0.39, 0.29) is 0 Å². The molecule has 72 valence electrons. The fourth-order valence-corrected chi connectivity index (χ4v) is 2.98. The molecule has 2 aliphatic rings. The monoisotopic (exact) mass is 184 g/mol. The van der Waals surface area contributed by atoms with E-state index in [1.54, 1.807) is 11.1 Å². The zero-order valence-corrected chi connectivity index (χ0v) is 8.50. The zero-order chi connectivity index (χ0) is 9.38. The van der Waals surface area contributed by atoms with Crippen molar-refractivity contribution in [1.29, 1.82) is 0 Å². The van der Waals surface area contributed by atoms with E-state index >= 15 is 0 Å². The maximum atomic E-state index is 3.66. The van der Waals surface area contributed by atoms with Crippen LogP contribution in [-0.2, 0) is 12.8 Å². The molecule has 3 rings (SSSR count). The molecule has 0 N–H and O–H groups in total. The summed E-state index contributed by atoms with van der Waals surface area (Å²) in [5.74, 6) is 1.66. The summed E-state index contributed by atoms with van der Waals surface area (Å²) in [6.45, 7) is 0. The predicted octanol–water partition coefficient (Wildman–Crippen LogP) is 3.28. The van der Waals surface area contributed by atoms with Crippen molar-refractivity contribution in [1.82, 2.24) is 0 Å². The van der Waals surface area contributed by atoms with Gasteiger partial charge in [-0.25, -0.2) is 0 Å². The molecule has 0 aromatic heterocycles. The van der Waals surface area contributed by atoms with Crippen molar-refractivity contribution < 1.29 is 0 Å². The van der Waals surface area contributed by atoms with Gasteiger partial charge in [-0.15, -0.1) is 0 Å². The predicted molar refractivity (Wildman–Crippen MR) is 57.9 cm³/mol. The van der Waals surface area contributed by atoms with Crippen molar-refractivity contribution in [3.05, 3.63) is 41.8 Å². The van der Waals surface area contributed by atoms with E-state index in [9.17, 15) is 0 Å². The third-order valence-electron chi connectivity index (χ3n) is 3.77. The minimum Gasteiger partial charge on any atom is -0.0620 e. The van der Waals surface area contributed by atoms with Gasteiger partial charge in [-0.05, 0) is 55.1 Å². The molecular formula is C14H16. The van der Waals surface area contributed by atoms with Gasteiger partial charge < -0.3 is 0 Å². The SMILES string of the molecule is [C]1CCCC2Cc3ccccc3CC12. The molecule has 1 aromatic rings. The summed E-state index contributed by atoms with van der Waals surface area (Å²) in [5, 5.41) is 0. The van der Waals surface area contributed by atoms with E-state index in [1.165, 1.54) is 32.1 Å². The second-order valence-corrected chi connectivity index (χ2v) is 4.64. The van der Waals surface area contributed by atoms with Gasteiger partial charge in [0.25, 0.3) is 0 Å². The molecule has 0 saturated heterocycles. The Labute approximate surface area is 86.3 Å². The lowest BCUT2D eigenvalue weighted by Gasteiger charge is -2.36. The van der Waals surface area contributed by atoms with Gasteiger partial charge in [-0.2, -0.15) is 0 Å². The van der Waals surface area contributed by atoms with E-state index in [0.717, 1.165) is 11.8 Å². The van der Waals surface area contributed by atoms with Crippen LogP contribution in [0.2, 0.25) is 0 Å². The maximum Gasteiger partial charge on any atom is -0.0133 e. The van der Waals surface area contributed by atoms with E-state index in [0.29, 0.717) is 0 Å². The van der Waals surface area contributed by atoms with Crippen LogP contribution in [0, 0.1) is 18.3 Å². The molecule has 0 heterocycles. The quantitative estimate of drug-likeness (QED) is 0.580. The Morgan fingerprint density at radius 3 is 2.71 bits per heavy atom. The first-order chi connectivity index (χ1) is 6.93. The molecule has 1 saturated carbocycles. The molecule has 0 heteroatoms. The maximum absolute atomic E-state index is 3.66. The standard InChI is InChI=1S/C14H16/c1-2-6-12-10-14-8-4-3-7-13(14)9-11(12)5-1/h1-2,5-6,13-14H,3-4,7,9-10H2. The first-order valence-electron chi connectivity index (χ1n) is 5.73. The fraction of sp³-hybridized carbons (Fsp3) is 0.500. The molecule has 0 bridgehead atoms. The molecule has 14 heavy (non-hydrogen) atoms. The molecule has 0 aliphatic heterocycles. The molecule has 0 spiro atoms. The van der Waals surface area contributed by atoms with Crippen LogP contribution in [-0.4, -0.2) is 0 Å². The minimum absolute atomic E-state index is 0.763. The van der Waals surface area contributed by atoms with Crippen LogP contribution in [0.15, 0.2) is 24.3 Å². The zero-order valence-electron chi connectivity index (χ0n) is 8.50. The summed E-state index contributed by atoms with van der Waals surface area (Å²) in [6.07, 6.45) is 10.2.